The first-order valence-corrected chi connectivity index (χ1v) is 16.3. The number of rotatable bonds is 5. The number of hydrogen-bond donors (Lipinski definition) is 0. The van der Waals surface area contributed by atoms with Gasteiger partial charge in [0.15, 0.2) is 0 Å². The second kappa shape index (κ2) is 10.6. The number of anilines is 3. The number of para-hydroxylation sites is 1. The number of nitrogens with zero attached hydrogens (tertiary/aromatic N) is 1. The van der Waals surface area contributed by atoms with Crippen LogP contribution in [0, 0.1) is 0 Å². The summed E-state index contributed by atoms with van der Waals surface area (Å²) < 4.78 is 6.32. The second-order valence-corrected chi connectivity index (χ2v) is 13.0. The zero-order chi connectivity index (χ0) is 31.5. The third-order valence-corrected chi connectivity index (χ3v) is 9.90. The minimum Gasteiger partial charge on any atom is -0.456 e. The summed E-state index contributed by atoms with van der Waals surface area (Å²) in [4.78, 5) is 2.31. The molecule has 1 aromatic heterocycles. The normalized spacial score (nSPS) is 13.1. The van der Waals surface area contributed by atoms with Gasteiger partial charge in [-0.15, -0.1) is 0 Å². The molecule has 0 radical (unpaired) electrons. The van der Waals surface area contributed by atoms with Crippen LogP contribution in [0.4, 0.5) is 17.1 Å². The Bertz CT molecular complexity index is 2410. The Balaban J connectivity index is 1.13. The lowest BCUT2D eigenvalue weighted by Crippen LogP contribution is -2.14. The lowest BCUT2D eigenvalue weighted by atomic mass is 9.82. The van der Waals surface area contributed by atoms with Gasteiger partial charge in [0.2, 0.25) is 0 Å². The molecule has 1 heterocycles. The van der Waals surface area contributed by atoms with Gasteiger partial charge in [0, 0.05) is 39.3 Å². The minimum atomic E-state index is 0.00577. The number of fused-ring (bicyclic) bond motifs is 6. The number of furan rings is 1. The van der Waals surface area contributed by atoms with Gasteiger partial charge in [0.25, 0.3) is 0 Å². The van der Waals surface area contributed by atoms with E-state index in [1.54, 1.807) is 0 Å². The molecule has 2 nitrogen and oxygen atoms in total. The predicted octanol–water partition coefficient (Wildman–Crippen LogP) is 12.7. The van der Waals surface area contributed by atoms with Crippen molar-refractivity contribution in [1.82, 2.24) is 0 Å². The molecule has 1 aliphatic rings. The monoisotopic (exact) mass is 603 g/mol. The summed E-state index contributed by atoms with van der Waals surface area (Å²) in [5.74, 6) is 0. The molecular weight excluding hydrogens is 571 g/mol. The van der Waals surface area contributed by atoms with Gasteiger partial charge in [-0.1, -0.05) is 123 Å². The average Bonchev–Trinajstić information content (AvgIpc) is 3.61. The lowest BCUT2D eigenvalue weighted by Gasteiger charge is -2.26. The van der Waals surface area contributed by atoms with Crippen LogP contribution in [0.5, 0.6) is 0 Å². The average molecular weight is 604 g/mol. The topological polar surface area (TPSA) is 16.4 Å². The summed E-state index contributed by atoms with van der Waals surface area (Å²) in [6.45, 7) is 4.66. The second-order valence-electron chi connectivity index (χ2n) is 13.0. The van der Waals surface area contributed by atoms with E-state index in [1.165, 1.54) is 44.5 Å². The van der Waals surface area contributed by atoms with Gasteiger partial charge in [-0.2, -0.15) is 0 Å². The first kappa shape index (κ1) is 27.5. The maximum absolute atomic E-state index is 6.32. The molecule has 224 valence electrons. The maximum atomic E-state index is 6.32. The predicted molar refractivity (Wildman–Crippen MR) is 197 cm³/mol. The smallest absolute Gasteiger partial charge is 0.137 e. The van der Waals surface area contributed by atoms with Crippen molar-refractivity contribution in [3.05, 3.63) is 175 Å². The summed E-state index contributed by atoms with van der Waals surface area (Å²) in [6, 6.07) is 58.9. The fourth-order valence-electron chi connectivity index (χ4n) is 7.44. The van der Waals surface area contributed by atoms with Crippen molar-refractivity contribution in [2.45, 2.75) is 19.3 Å². The van der Waals surface area contributed by atoms with Gasteiger partial charge in [-0.3, -0.25) is 0 Å². The molecular formula is C45H33NO. The highest BCUT2D eigenvalue weighted by atomic mass is 16.3. The van der Waals surface area contributed by atoms with Crippen molar-refractivity contribution >= 4 is 39.0 Å². The minimum absolute atomic E-state index is 0.00577. The van der Waals surface area contributed by atoms with Crippen molar-refractivity contribution in [2.24, 2.45) is 0 Å². The Labute approximate surface area is 275 Å². The molecule has 0 saturated carbocycles. The molecule has 9 rings (SSSR count). The van der Waals surface area contributed by atoms with E-state index >= 15 is 0 Å². The van der Waals surface area contributed by atoms with E-state index in [2.05, 4.69) is 170 Å². The van der Waals surface area contributed by atoms with Crippen LogP contribution in [0.1, 0.15) is 25.0 Å². The molecule has 0 fully saturated rings. The molecule has 0 spiro atoms. The first-order valence-electron chi connectivity index (χ1n) is 16.3. The molecule has 1 aliphatic carbocycles. The quantitative estimate of drug-likeness (QED) is 0.195. The highest BCUT2D eigenvalue weighted by Crippen LogP contribution is 2.49. The Hall–Kier alpha value is -5.86. The van der Waals surface area contributed by atoms with E-state index in [9.17, 15) is 0 Å². The Kier molecular flexibility index (Phi) is 6.20. The van der Waals surface area contributed by atoms with E-state index in [1.807, 2.05) is 12.1 Å². The summed E-state index contributed by atoms with van der Waals surface area (Å²) in [5.41, 5.74) is 15.3. The van der Waals surface area contributed by atoms with E-state index in [0.29, 0.717) is 0 Å². The zero-order valence-corrected chi connectivity index (χ0v) is 26.4. The highest BCUT2D eigenvalue weighted by molar-refractivity contribution is 6.06. The van der Waals surface area contributed by atoms with Gasteiger partial charge in [0.1, 0.15) is 11.2 Å². The molecule has 0 unspecified atom stereocenters. The van der Waals surface area contributed by atoms with Crippen molar-refractivity contribution in [3.8, 4) is 33.4 Å². The van der Waals surface area contributed by atoms with Gasteiger partial charge in [-0.05, 0) is 93.0 Å². The van der Waals surface area contributed by atoms with Gasteiger partial charge in [0.05, 0.1) is 0 Å². The van der Waals surface area contributed by atoms with E-state index in [0.717, 1.165) is 39.0 Å². The molecule has 0 bridgehead atoms. The Morgan fingerprint density at radius 1 is 0.404 bits per heavy atom. The van der Waals surface area contributed by atoms with Crippen LogP contribution in [0.2, 0.25) is 0 Å². The van der Waals surface area contributed by atoms with Crippen LogP contribution in [0.15, 0.2) is 168 Å². The first-order chi connectivity index (χ1) is 23.0. The van der Waals surface area contributed by atoms with Crippen molar-refractivity contribution in [2.75, 3.05) is 4.90 Å². The zero-order valence-electron chi connectivity index (χ0n) is 26.4. The molecule has 0 saturated heterocycles. The summed E-state index contributed by atoms with van der Waals surface area (Å²) in [6.07, 6.45) is 0. The van der Waals surface area contributed by atoms with Crippen LogP contribution < -0.4 is 4.90 Å². The summed E-state index contributed by atoms with van der Waals surface area (Å²) in [7, 11) is 0. The van der Waals surface area contributed by atoms with Crippen molar-refractivity contribution in [1.29, 1.82) is 0 Å². The third kappa shape index (κ3) is 4.48. The van der Waals surface area contributed by atoms with Crippen LogP contribution >= 0.6 is 0 Å². The molecule has 47 heavy (non-hydrogen) atoms. The molecule has 2 heteroatoms. The molecule has 7 aromatic carbocycles. The summed E-state index contributed by atoms with van der Waals surface area (Å²) >= 11 is 0. The van der Waals surface area contributed by atoms with Crippen molar-refractivity contribution < 1.29 is 4.42 Å². The SMILES string of the molecule is CC1(C)c2ccccc2-c2cc(-c3ccc(N(c4ccc(-c5ccccc5)cc4)c4ccc5c(c4)oc4ccccc45)cc3)ccc21. The fraction of sp³-hybridized carbons (Fsp3) is 0.0667. The standard InChI is InChI=1S/C45H33NO/c1-45(2)41-14-8-6-12-37(41)40-28-33(20-27-42(40)45)32-18-23-35(24-19-32)46(34-21-16-31(17-22-34)30-10-4-3-5-11-30)36-25-26-39-38-13-7-9-15-43(38)47-44(39)29-36/h3-29H,1-2H3. The van der Waals surface area contributed by atoms with E-state index < -0.39 is 0 Å². The molecule has 0 N–H and O–H groups in total. The van der Waals surface area contributed by atoms with Gasteiger partial charge in [-0.25, -0.2) is 0 Å². The van der Waals surface area contributed by atoms with Crippen LogP contribution in [-0.2, 0) is 5.41 Å². The van der Waals surface area contributed by atoms with Crippen LogP contribution in [0.25, 0.3) is 55.3 Å². The fourth-order valence-corrected chi connectivity index (χ4v) is 7.44. The largest absolute Gasteiger partial charge is 0.456 e. The van der Waals surface area contributed by atoms with E-state index in [4.69, 9.17) is 4.42 Å². The Morgan fingerprint density at radius 2 is 0.957 bits per heavy atom. The van der Waals surface area contributed by atoms with Gasteiger partial charge < -0.3 is 9.32 Å². The number of benzene rings is 7. The maximum Gasteiger partial charge on any atom is 0.137 e. The summed E-state index contributed by atoms with van der Waals surface area (Å²) in [5, 5.41) is 2.26. The van der Waals surface area contributed by atoms with Crippen molar-refractivity contribution in [3.63, 3.8) is 0 Å². The third-order valence-electron chi connectivity index (χ3n) is 9.90. The van der Waals surface area contributed by atoms with Crippen LogP contribution in [0.3, 0.4) is 0 Å². The molecule has 0 atom stereocenters. The molecule has 0 amide bonds. The highest BCUT2D eigenvalue weighted by Gasteiger charge is 2.35. The van der Waals surface area contributed by atoms with E-state index in [-0.39, 0.29) is 5.41 Å². The molecule has 0 aliphatic heterocycles. The lowest BCUT2D eigenvalue weighted by molar-refractivity contribution is 0.660. The molecule has 8 aromatic rings. The van der Waals surface area contributed by atoms with Crippen LogP contribution in [-0.4, -0.2) is 0 Å². The number of hydrogen-bond acceptors (Lipinski definition) is 2. The van der Waals surface area contributed by atoms with Gasteiger partial charge >= 0.3 is 0 Å². The Morgan fingerprint density at radius 3 is 1.72 bits per heavy atom.